The molecule has 0 amide bonds. The lowest BCUT2D eigenvalue weighted by Gasteiger charge is -2.17. The Morgan fingerprint density at radius 1 is 1.00 bits per heavy atom. The minimum absolute atomic E-state index is 0.0903. The van der Waals surface area contributed by atoms with E-state index in [0.717, 1.165) is 11.1 Å². The molecule has 0 aliphatic heterocycles. The predicted molar refractivity (Wildman–Crippen MR) is 108 cm³/mol. The van der Waals surface area contributed by atoms with E-state index in [9.17, 15) is 0 Å². The molecule has 7 nitrogen and oxygen atoms in total. The minimum Gasteiger partial charge on any atom is -0.495 e. The summed E-state index contributed by atoms with van der Waals surface area (Å²) in [6.07, 6.45) is 4.84. The molecule has 4 N–H and O–H groups in total. The van der Waals surface area contributed by atoms with E-state index >= 15 is 0 Å². The number of ether oxygens (including phenoxy) is 2. The van der Waals surface area contributed by atoms with E-state index in [0.29, 0.717) is 22.8 Å². The molecule has 0 saturated carbocycles. The van der Waals surface area contributed by atoms with Gasteiger partial charge in [-0.2, -0.15) is 4.98 Å². The second-order valence-corrected chi connectivity index (χ2v) is 6.31. The Labute approximate surface area is 163 Å². The third-order valence-corrected chi connectivity index (χ3v) is 4.00. The highest BCUT2D eigenvalue weighted by molar-refractivity contribution is 5.58. The zero-order valence-corrected chi connectivity index (χ0v) is 15.9. The van der Waals surface area contributed by atoms with Gasteiger partial charge in [-0.1, -0.05) is 25.7 Å². The number of aromatic nitrogens is 3. The number of nitrogen functional groups attached to an aromatic ring is 2. The summed E-state index contributed by atoms with van der Waals surface area (Å²) in [4.78, 5) is 11.9. The van der Waals surface area contributed by atoms with Gasteiger partial charge >= 0.3 is 0 Å². The van der Waals surface area contributed by atoms with Crippen molar-refractivity contribution in [3.63, 3.8) is 0 Å². The van der Waals surface area contributed by atoms with Crippen LogP contribution in [0.1, 0.15) is 36.5 Å². The standard InChI is InChI=1S/C21H21N5O2/c1-13(2)16-11-17(27-3)15(5-4-14-6-8-24-9-7-14)10-18(16)28-19-12-25-21(23)26-20(19)22/h6-13H,1-3H3,(H4,22,23,25,26). The predicted octanol–water partition coefficient (Wildman–Crippen LogP) is 3.36. The fourth-order valence-electron chi connectivity index (χ4n) is 2.55. The number of benzene rings is 1. The highest BCUT2D eigenvalue weighted by Gasteiger charge is 2.16. The van der Waals surface area contributed by atoms with Crippen molar-refractivity contribution >= 4 is 11.8 Å². The topological polar surface area (TPSA) is 109 Å². The van der Waals surface area contributed by atoms with Crippen molar-refractivity contribution in [1.29, 1.82) is 0 Å². The van der Waals surface area contributed by atoms with Gasteiger partial charge in [-0.3, -0.25) is 4.98 Å². The molecule has 0 radical (unpaired) electrons. The van der Waals surface area contributed by atoms with Crippen LogP contribution in [0.5, 0.6) is 17.2 Å². The Kier molecular flexibility index (Phi) is 5.61. The normalized spacial score (nSPS) is 10.3. The zero-order chi connectivity index (χ0) is 20.1. The zero-order valence-electron chi connectivity index (χ0n) is 15.9. The van der Waals surface area contributed by atoms with Gasteiger partial charge < -0.3 is 20.9 Å². The first-order valence-electron chi connectivity index (χ1n) is 8.67. The number of hydrogen-bond acceptors (Lipinski definition) is 7. The van der Waals surface area contributed by atoms with E-state index in [4.69, 9.17) is 20.9 Å². The highest BCUT2D eigenvalue weighted by atomic mass is 16.5. The maximum atomic E-state index is 6.01. The number of hydrogen-bond donors (Lipinski definition) is 2. The van der Waals surface area contributed by atoms with Gasteiger partial charge in [0.1, 0.15) is 11.5 Å². The molecular formula is C21H21N5O2. The molecule has 0 spiro atoms. The fourth-order valence-corrected chi connectivity index (χ4v) is 2.55. The maximum Gasteiger partial charge on any atom is 0.222 e. The van der Waals surface area contributed by atoms with E-state index in [2.05, 4.69) is 40.6 Å². The fraction of sp³-hybridized carbons (Fsp3) is 0.190. The van der Waals surface area contributed by atoms with Crippen molar-refractivity contribution in [3.05, 3.63) is 59.5 Å². The van der Waals surface area contributed by atoms with E-state index in [1.807, 2.05) is 24.3 Å². The lowest BCUT2D eigenvalue weighted by atomic mass is 9.99. The first kappa shape index (κ1) is 19.0. The molecule has 0 fully saturated rings. The second kappa shape index (κ2) is 8.27. The number of rotatable bonds is 4. The summed E-state index contributed by atoms with van der Waals surface area (Å²) in [7, 11) is 1.61. The molecule has 0 atom stereocenters. The average Bonchev–Trinajstić information content (AvgIpc) is 2.69. The molecule has 7 heteroatoms. The monoisotopic (exact) mass is 375 g/mol. The van der Waals surface area contributed by atoms with Gasteiger partial charge in [-0.05, 0) is 24.1 Å². The summed E-state index contributed by atoms with van der Waals surface area (Å²) in [5.41, 5.74) is 14.0. The largest absolute Gasteiger partial charge is 0.495 e. The Morgan fingerprint density at radius 2 is 1.75 bits per heavy atom. The average molecular weight is 375 g/mol. The molecule has 0 saturated heterocycles. The number of nitrogens with zero attached hydrogens (tertiary/aromatic N) is 3. The number of pyridine rings is 1. The third kappa shape index (κ3) is 4.30. The summed E-state index contributed by atoms with van der Waals surface area (Å²) >= 11 is 0. The van der Waals surface area contributed by atoms with Crippen molar-refractivity contribution in [2.45, 2.75) is 19.8 Å². The van der Waals surface area contributed by atoms with Gasteiger partial charge in [-0.15, -0.1) is 0 Å². The first-order chi connectivity index (χ1) is 13.5. The van der Waals surface area contributed by atoms with Crippen LogP contribution in [0, 0.1) is 11.8 Å². The van der Waals surface area contributed by atoms with Crippen LogP contribution < -0.4 is 20.9 Å². The Morgan fingerprint density at radius 3 is 2.39 bits per heavy atom. The summed E-state index contributed by atoms with van der Waals surface area (Å²) in [6, 6.07) is 7.43. The summed E-state index contributed by atoms with van der Waals surface area (Å²) < 4.78 is 11.5. The van der Waals surface area contributed by atoms with Crippen LogP contribution in [0.4, 0.5) is 11.8 Å². The van der Waals surface area contributed by atoms with Gasteiger partial charge in [0.2, 0.25) is 5.95 Å². The molecule has 1 aromatic carbocycles. The van der Waals surface area contributed by atoms with Gasteiger partial charge in [0.15, 0.2) is 11.6 Å². The van der Waals surface area contributed by atoms with Gasteiger partial charge in [-0.25, -0.2) is 4.98 Å². The molecule has 3 rings (SSSR count). The smallest absolute Gasteiger partial charge is 0.222 e. The lowest BCUT2D eigenvalue weighted by molar-refractivity contribution is 0.409. The molecule has 0 aliphatic rings. The molecule has 142 valence electrons. The molecule has 2 heterocycles. The molecule has 28 heavy (non-hydrogen) atoms. The van der Waals surface area contributed by atoms with E-state index in [1.54, 1.807) is 19.5 Å². The van der Waals surface area contributed by atoms with Crippen molar-refractivity contribution < 1.29 is 9.47 Å². The van der Waals surface area contributed by atoms with E-state index < -0.39 is 0 Å². The second-order valence-electron chi connectivity index (χ2n) is 6.31. The molecule has 0 aliphatic carbocycles. The van der Waals surface area contributed by atoms with Crippen LogP contribution >= 0.6 is 0 Å². The van der Waals surface area contributed by atoms with Crippen LogP contribution in [-0.4, -0.2) is 22.1 Å². The quantitative estimate of drug-likeness (QED) is 0.673. The van der Waals surface area contributed by atoms with Gasteiger partial charge in [0.25, 0.3) is 0 Å². The molecule has 2 aromatic heterocycles. The maximum absolute atomic E-state index is 6.01. The van der Waals surface area contributed by atoms with E-state index in [-0.39, 0.29) is 17.7 Å². The molecule has 0 unspecified atom stereocenters. The molecule has 3 aromatic rings. The van der Waals surface area contributed by atoms with Crippen LogP contribution in [0.2, 0.25) is 0 Å². The summed E-state index contributed by atoms with van der Waals surface area (Å²) in [6.45, 7) is 4.12. The van der Waals surface area contributed by atoms with Crippen LogP contribution in [0.15, 0.2) is 42.9 Å². The molecule has 0 bridgehead atoms. The van der Waals surface area contributed by atoms with Gasteiger partial charge in [0, 0.05) is 29.6 Å². The molecular weight excluding hydrogens is 354 g/mol. The third-order valence-electron chi connectivity index (χ3n) is 4.00. The minimum atomic E-state index is 0.0903. The SMILES string of the molecule is COc1cc(C(C)C)c(Oc2cnc(N)nc2N)cc1C#Cc1ccncc1. The van der Waals surface area contributed by atoms with Crippen molar-refractivity contribution in [1.82, 2.24) is 15.0 Å². The van der Waals surface area contributed by atoms with Crippen LogP contribution in [-0.2, 0) is 0 Å². The van der Waals surface area contributed by atoms with Crippen LogP contribution in [0.25, 0.3) is 0 Å². The summed E-state index contributed by atoms with van der Waals surface area (Å²) in [5, 5.41) is 0. The number of methoxy groups -OCH3 is 1. The Balaban J connectivity index is 2.06. The van der Waals surface area contributed by atoms with Crippen molar-refractivity contribution in [2.75, 3.05) is 18.6 Å². The first-order valence-corrected chi connectivity index (χ1v) is 8.67. The van der Waals surface area contributed by atoms with Crippen molar-refractivity contribution in [2.24, 2.45) is 0 Å². The van der Waals surface area contributed by atoms with E-state index in [1.165, 1.54) is 6.20 Å². The van der Waals surface area contributed by atoms with Crippen molar-refractivity contribution in [3.8, 4) is 29.1 Å². The number of anilines is 2. The lowest BCUT2D eigenvalue weighted by Crippen LogP contribution is -2.03. The number of nitrogens with two attached hydrogens (primary N) is 2. The summed E-state index contributed by atoms with van der Waals surface area (Å²) in [5.74, 6) is 8.28. The highest BCUT2D eigenvalue weighted by Crippen LogP contribution is 2.37. The Bertz CT molecular complexity index is 1040. The van der Waals surface area contributed by atoms with Crippen LogP contribution in [0.3, 0.4) is 0 Å². The van der Waals surface area contributed by atoms with Gasteiger partial charge in [0.05, 0.1) is 18.9 Å². The Hall–Kier alpha value is -3.79.